The lowest BCUT2D eigenvalue weighted by Gasteiger charge is -2.15. The molecule has 2 aromatic carbocycles. The summed E-state index contributed by atoms with van der Waals surface area (Å²) < 4.78 is 5.42. The molecule has 0 aliphatic rings. The van der Waals surface area contributed by atoms with Crippen molar-refractivity contribution in [2.24, 2.45) is 0 Å². The second-order valence-electron chi connectivity index (χ2n) is 4.89. The van der Waals surface area contributed by atoms with Crippen LogP contribution in [0.15, 0.2) is 36.4 Å². The van der Waals surface area contributed by atoms with Crippen molar-refractivity contribution in [1.82, 2.24) is 0 Å². The molecule has 21 heavy (non-hydrogen) atoms. The van der Waals surface area contributed by atoms with E-state index in [0.29, 0.717) is 28.8 Å². The lowest BCUT2D eigenvalue weighted by Crippen LogP contribution is -1.99. The van der Waals surface area contributed by atoms with Crippen LogP contribution in [-0.2, 0) is 6.42 Å². The SMILES string of the molecule is CCOc1cc(Cl)c(C(Cl)Cc2ccc(C)cc2)cc1Cl. The molecule has 0 saturated heterocycles. The van der Waals surface area contributed by atoms with Crippen LogP contribution >= 0.6 is 34.8 Å². The molecular weight excluding hydrogens is 327 g/mol. The number of benzene rings is 2. The van der Waals surface area contributed by atoms with Gasteiger partial charge in [-0.15, -0.1) is 11.6 Å². The molecule has 1 atom stereocenters. The van der Waals surface area contributed by atoms with E-state index in [-0.39, 0.29) is 5.38 Å². The van der Waals surface area contributed by atoms with Crippen molar-refractivity contribution in [1.29, 1.82) is 0 Å². The van der Waals surface area contributed by atoms with E-state index in [1.807, 2.05) is 6.92 Å². The van der Waals surface area contributed by atoms with Crippen LogP contribution in [-0.4, -0.2) is 6.61 Å². The van der Waals surface area contributed by atoms with E-state index in [2.05, 4.69) is 31.2 Å². The molecule has 0 amide bonds. The van der Waals surface area contributed by atoms with Gasteiger partial charge in [0, 0.05) is 11.1 Å². The molecule has 0 saturated carbocycles. The molecule has 1 nitrogen and oxygen atoms in total. The van der Waals surface area contributed by atoms with E-state index < -0.39 is 0 Å². The zero-order valence-electron chi connectivity index (χ0n) is 12.0. The predicted molar refractivity (Wildman–Crippen MR) is 91.1 cm³/mol. The summed E-state index contributed by atoms with van der Waals surface area (Å²) in [7, 11) is 0. The molecule has 0 aliphatic heterocycles. The lowest BCUT2D eigenvalue weighted by atomic mass is 10.0. The summed E-state index contributed by atoms with van der Waals surface area (Å²) in [6, 6.07) is 11.8. The minimum Gasteiger partial charge on any atom is -0.492 e. The van der Waals surface area contributed by atoms with Gasteiger partial charge < -0.3 is 4.74 Å². The van der Waals surface area contributed by atoms with Gasteiger partial charge in [-0.1, -0.05) is 53.0 Å². The number of hydrogen-bond donors (Lipinski definition) is 0. The van der Waals surface area contributed by atoms with E-state index >= 15 is 0 Å². The second kappa shape index (κ2) is 7.40. The van der Waals surface area contributed by atoms with Gasteiger partial charge >= 0.3 is 0 Å². The molecule has 0 heterocycles. The Morgan fingerprint density at radius 1 is 1.05 bits per heavy atom. The van der Waals surface area contributed by atoms with Gasteiger partial charge in [-0.05, 0) is 37.5 Å². The first-order valence-corrected chi connectivity index (χ1v) is 8.01. The maximum Gasteiger partial charge on any atom is 0.139 e. The zero-order valence-corrected chi connectivity index (χ0v) is 14.3. The molecule has 4 heteroatoms. The number of hydrogen-bond acceptors (Lipinski definition) is 1. The molecule has 0 N–H and O–H groups in total. The molecule has 2 aromatic rings. The molecular formula is C17H17Cl3O. The third-order valence-electron chi connectivity index (χ3n) is 3.22. The van der Waals surface area contributed by atoms with Gasteiger partial charge in [-0.25, -0.2) is 0 Å². The Morgan fingerprint density at radius 2 is 1.71 bits per heavy atom. The predicted octanol–water partition coefficient (Wildman–Crippen LogP) is 6.22. The van der Waals surface area contributed by atoms with Crippen LogP contribution < -0.4 is 4.74 Å². The fourth-order valence-corrected chi connectivity index (χ4v) is 3.02. The normalized spacial score (nSPS) is 12.2. The molecule has 0 radical (unpaired) electrons. The molecule has 1 unspecified atom stereocenters. The van der Waals surface area contributed by atoms with Crippen molar-refractivity contribution >= 4 is 34.8 Å². The van der Waals surface area contributed by atoms with E-state index in [9.17, 15) is 0 Å². The highest BCUT2D eigenvalue weighted by Gasteiger charge is 2.16. The molecule has 0 spiro atoms. The first-order valence-electron chi connectivity index (χ1n) is 6.82. The van der Waals surface area contributed by atoms with E-state index in [1.54, 1.807) is 12.1 Å². The number of alkyl halides is 1. The van der Waals surface area contributed by atoms with Crippen molar-refractivity contribution in [3.63, 3.8) is 0 Å². The Labute approximate surface area is 140 Å². The first-order chi connectivity index (χ1) is 10.0. The van der Waals surface area contributed by atoms with Crippen LogP contribution in [0.25, 0.3) is 0 Å². The summed E-state index contributed by atoms with van der Waals surface area (Å²) in [5.74, 6) is 0.590. The smallest absolute Gasteiger partial charge is 0.139 e. The zero-order chi connectivity index (χ0) is 15.4. The monoisotopic (exact) mass is 342 g/mol. The summed E-state index contributed by atoms with van der Waals surface area (Å²) >= 11 is 19.0. The number of halogens is 3. The topological polar surface area (TPSA) is 9.23 Å². The molecule has 0 aromatic heterocycles. The Kier molecular flexibility index (Phi) is 5.80. The van der Waals surface area contributed by atoms with Crippen molar-refractivity contribution in [2.75, 3.05) is 6.61 Å². The van der Waals surface area contributed by atoms with Gasteiger partial charge in [0.15, 0.2) is 0 Å². The van der Waals surface area contributed by atoms with Gasteiger partial charge in [-0.3, -0.25) is 0 Å². The van der Waals surface area contributed by atoms with E-state index in [0.717, 1.165) is 5.56 Å². The van der Waals surface area contributed by atoms with Gasteiger partial charge in [-0.2, -0.15) is 0 Å². The van der Waals surface area contributed by atoms with Crippen LogP contribution in [0.1, 0.15) is 29.0 Å². The van der Waals surface area contributed by atoms with Crippen LogP contribution in [0, 0.1) is 6.92 Å². The van der Waals surface area contributed by atoms with Crippen LogP contribution in [0.2, 0.25) is 10.0 Å². The van der Waals surface area contributed by atoms with Crippen molar-refractivity contribution in [3.05, 3.63) is 63.1 Å². The average molecular weight is 344 g/mol. The Balaban J connectivity index is 2.20. The summed E-state index contributed by atoms with van der Waals surface area (Å²) in [4.78, 5) is 0. The third-order valence-corrected chi connectivity index (χ3v) is 4.24. The maximum absolute atomic E-state index is 6.50. The van der Waals surface area contributed by atoms with Crippen LogP contribution in [0.5, 0.6) is 5.75 Å². The Morgan fingerprint density at radius 3 is 2.33 bits per heavy atom. The molecule has 2 rings (SSSR count). The average Bonchev–Trinajstić information content (AvgIpc) is 2.45. The highest BCUT2D eigenvalue weighted by atomic mass is 35.5. The lowest BCUT2D eigenvalue weighted by molar-refractivity contribution is 0.340. The van der Waals surface area contributed by atoms with Crippen molar-refractivity contribution in [2.45, 2.75) is 25.6 Å². The fourth-order valence-electron chi connectivity index (χ4n) is 2.09. The molecule has 0 fully saturated rings. The molecule has 0 bridgehead atoms. The quantitative estimate of drug-likeness (QED) is 0.585. The van der Waals surface area contributed by atoms with Gasteiger partial charge in [0.1, 0.15) is 5.75 Å². The first kappa shape index (κ1) is 16.5. The third kappa shape index (κ3) is 4.29. The Bertz CT molecular complexity index is 608. The highest BCUT2D eigenvalue weighted by molar-refractivity contribution is 6.35. The van der Waals surface area contributed by atoms with Crippen LogP contribution in [0.3, 0.4) is 0 Å². The molecule has 0 aliphatic carbocycles. The fraction of sp³-hybridized carbons (Fsp3) is 0.294. The van der Waals surface area contributed by atoms with Crippen molar-refractivity contribution < 1.29 is 4.74 Å². The van der Waals surface area contributed by atoms with Crippen molar-refractivity contribution in [3.8, 4) is 5.75 Å². The second-order valence-corrected chi connectivity index (χ2v) is 6.24. The summed E-state index contributed by atoms with van der Waals surface area (Å²) in [6.45, 7) is 4.51. The van der Waals surface area contributed by atoms with Gasteiger partial charge in [0.25, 0.3) is 0 Å². The number of ether oxygens (including phenoxy) is 1. The summed E-state index contributed by atoms with van der Waals surface area (Å²) in [6.07, 6.45) is 0.700. The number of rotatable bonds is 5. The standard InChI is InChI=1S/C17H17Cl3O/c1-3-21-17-10-15(19)13(9-16(17)20)14(18)8-12-6-4-11(2)5-7-12/h4-7,9-10,14H,3,8H2,1-2H3. The van der Waals surface area contributed by atoms with E-state index in [1.165, 1.54) is 11.1 Å². The van der Waals surface area contributed by atoms with Crippen LogP contribution in [0.4, 0.5) is 0 Å². The number of aryl methyl sites for hydroxylation is 1. The maximum atomic E-state index is 6.50. The largest absolute Gasteiger partial charge is 0.492 e. The van der Waals surface area contributed by atoms with E-state index in [4.69, 9.17) is 39.5 Å². The molecule has 112 valence electrons. The minimum atomic E-state index is -0.228. The highest BCUT2D eigenvalue weighted by Crippen LogP contribution is 2.37. The van der Waals surface area contributed by atoms with Gasteiger partial charge in [0.2, 0.25) is 0 Å². The Hall–Kier alpha value is -0.890. The van der Waals surface area contributed by atoms with Gasteiger partial charge in [0.05, 0.1) is 17.0 Å². The summed E-state index contributed by atoms with van der Waals surface area (Å²) in [5, 5.41) is 0.883. The minimum absolute atomic E-state index is 0.228. The summed E-state index contributed by atoms with van der Waals surface area (Å²) in [5.41, 5.74) is 3.22.